The monoisotopic (exact) mass is 502 g/mol. The van der Waals surface area contributed by atoms with Crippen molar-refractivity contribution >= 4 is 29.3 Å². The van der Waals surface area contributed by atoms with E-state index >= 15 is 0 Å². The van der Waals surface area contributed by atoms with E-state index in [9.17, 15) is 18.0 Å². The summed E-state index contributed by atoms with van der Waals surface area (Å²) in [7, 11) is 0. The highest BCUT2D eigenvalue weighted by Crippen LogP contribution is 2.37. The third kappa shape index (κ3) is 6.07. The van der Waals surface area contributed by atoms with Gasteiger partial charge in [0.25, 0.3) is 0 Å². The van der Waals surface area contributed by atoms with Gasteiger partial charge in [-0.2, -0.15) is 13.2 Å². The number of carbonyl (C=O) groups excluding carboxylic acids is 1. The number of hydrogen-bond donors (Lipinski definition) is 3. The molecule has 3 aliphatic rings. The van der Waals surface area contributed by atoms with Crippen molar-refractivity contribution in [2.75, 3.05) is 26.2 Å². The summed E-state index contributed by atoms with van der Waals surface area (Å²) in [6.07, 6.45) is 4.24. The molecule has 3 N–H and O–H groups in total. The van der Waals surface area contributed by atoms with Crippen LogP contribution in [0, 0.1) is 5.92 Å². The highest BCUT2D eigenvalue weighted by Gasteiger charge is 2.40. The van der Waals surface area contributed by atoms with E-state index in [1.54, 1.807) is 18.2 Å². The van der Waals surface area contributed by atoms with Crippen molar-refractivity contribution in [1.82, 2.24) is 20.9 Å². The van der Waals surface area contributed by atoms with Crippen LogP contribution in [-0.2, 0) is 9.53 Å². The Balaban J connectivity index is 1.58. The van der Waals surface area contributed by atoms with Gasteiger partial charge in [0.2, 0.25) is 5.91 Å². The second-order valence-corrected chi connectivity index (χ2v) is 9.73. The SMILES string of the molecule is C=Cc1c(C(=C)NC2CCOC3(CCNC3)C2)cc(/C=C/CNC(=O)C2CC2)nc1C(=C)C(F)(F)F. The molecule has 2 saturated heterocycles. The third-order valence-corrected chi connectivity index (χ3v) is 6.94. The van der Waals surface area contributed by atoms with Crippen molar-refractivity contribution in [3.63, 3.8) is 0 Å². The normalized spacial score (nSPS) is 24.1. The van der Waals surface area contributed by atoms with Crippen molar-refractivity contribution in [2.45, 2.75) is 49.9 Å². The van der Waals surface area contributed by atoms with Gasteiger partial charge in [0.05, 0.1) is 22.6 Å². The summed E-state index contributed by atoms with van der Waals surface area (Å²) in [5.74, 6) is 0.0705. The van der Waals surface area contributed by atoms with Crippen molar-refractivity contribution in [1.29, 1.82) is 0 Å². The van der Waals surface area contributed by atoms with E-state index < -0.39 is 11.7 Å². The highest BCUT2D eigenvalue weighted by molar-refractivity contribution is 5.82. The molecule has 1 spiro atoms. The van der Waals surface area contributed by atoms with Crippen LogP contribution >= 0.6 is 0 Å². The number of ether oxygens (including phenoxy) is 1. The fourth-order valence-corrected chi connectivity index (χ4v) is 4.80. The summed E-state index contributed by atoms with van der Waals surface area (Å²) in [4.78, 5) is 16.1. The molecule has 6 nitrogen and oxygen atoms in total. The second-order valence-electron chi connectivity index (χ2n) is 9.73. The Hall–Kier alpha value is -2.91. The van der Waals surface area contributed by atoms with Gasteiger partial charge >= 0.3 is 6.18 Å². The maximum atomic E-state index is 13.6. The predicted octanol–water partition coefficient (Wildman–Crippen LogP) is 4.31. The summed E-state index contributed by atoms with van der Waals surface area (Å²) in [5.41, 5.74) is -0.0554. The van der Waals surface area contributed by atoms with Gasteiger partial charge in [0, 0.05) is 48.5 Å². The van der Waals surface area contributed by atoms with E-state index in [1.165, 1.54) is 6.08 Å². The molecule has 0 bridgehead atoms. The average molecular weight is 503 g/mol. The van der Waals surface area contributed by atoms with Crippen LogP contribution in [0.4, 0.5) is 13.2 Å². The van der Waals surface area contributed by atoms with Crippen LogP contribution in [0.15, 0.2) is 31.9 Å². The maximum Gasteiger partial charge on any atom is 0.417 e. The first-order chi connectivity index (χ1) is 17.1. The van der Waals surface area contributed by atoms with Crippen molar-refractivity contribution in [2.24, 2.45) is 5.92 Å². The molecule has 194 valence electrons. The topological polar surface area (TPSA) is 75.3 Å². The summed E-state index contributed by atoms with van der Waals surface area (Å²) in [6, 6.07) is 1.76. The molecule has 1 aliphatic carbocycles. The maximum absolute atomic E-state index is 13.6. The Kier molecular flexibility index (Phi) is 7.70. The first-order valence-corrected chi connectivity index (χ1v) is 12.3. The molecule has 2 aliphatic heterocycles. The van der Waals surface area contributed by atoms with Gasteiger partial charge in [-0.05, 0) is 50.8 Å². The van der Waals surface area contributed by atoms with E-state index in [2.05, 4.69) is 40.7 Å². The van der Waals surface area contributed by atoms with E-state index in [0.29, 0.717) is 23.6 Å². The van der Waals surface area contributed by atoms with Crippen LogP contribution < -0.4 is 16.0 Å². The molecule has 0 radical (unpaired) electrons. The van der Waals surface area contributed by atoms with Crippen LogP contribution in [0.3, 0.4) is 0 Å². The smallest absolute Gasteiger partial charge is 0.382 e. The zero-order chi connectivity index (χ0) is 25.9. The molecular formula is C27H33F3N4O2. The predicted molar refractivity (Wildman–Crippen MR) is 136 cm³/mol. The highest BCUT2D eigenvalue weighted by atomic mass is 19.4. The number of rotatable bonds is 9. The van der Waals surface area contributed by atoms with Gasteiger partial charge in [0.15, 0.2) is 0 Å². The number of halogens is 3. The van der Waals surface area contributed by atoms with E-state index in [0.717, 1.165) is 45.2 Å². The summed E-state index contributed by atoms with van der Waals surface area (Å²) >= 11 is 0. The first-order valence-electron chi connectivity index (χ1n) is 12.3. The van der Waals surface area contributed by atoms with Gasteiger partial charge in [-0.1, -0.05) is 31.9 Å². The van der Waals surface area contributed by atoms with E-state index in [1.807, 2.05) is 0 Å². The molecule has 3 fully saturated rings. The van der Waals surface area contributed by atoms with Crippen LogP contribution in [-0.4, -0.2) is 55.0 Å². The minimum Gasteiger partial charge on any atom is -0.382 e. The van der Waals surface area contributed by atoms with Crippen LogP contribution in [0.1, 0.15) is 54.6 Å². The minimum atomic E-state index is -4.65. The number of pyridine rings is 1. The number of carbonyl (C=O) groups is 1. The van der Waals surface area contributed by atoms with Gasteiger partial charge in [-0.3, -0.25) is 4.79 Å². The van der Waals surface area contributed by atoms with Crippen LogP contribution in [0.5, 0.6) is 0 Å². The fourth-order valence-electron chi connectivity index (χ4n) is 4.80. The quantitative estimate of drug-likeness (QED) is 0.469. The number of hydrogen-bond acceptors (Lipinski definition) is 5. The van der Waals surface area contributed by atoms with Gasteiger partial charge < -0.3 is 20.7 Å². The third-order valence-electron chi connectivity index (χ3n) is 6.94. The molecule has 1 aromatic rings. The zero-order valence-corrected chi connectivity index (χ0v) is 20.3. The molecule has 1 saturated carbocycles. The number of nitrogens with zero attached hydrogens (tertiary/aromatic N) is 1. The first kappa shape index (κ1) is 26.2. The van der Waals surface area contributed by atoms with Crippen molar-refractivity contribution in [3.05, 3.63) is 54.4 Å². The lowest BCUT2D eigenvalue weighted by Gasteiger charge is -2.38. The lowest BCUT2D eigenvalue weighted by Crippen LogP contribution is -2.47. The minimum absolute atomic E-state index is 0.00860. The average Bonchev–Trinajstić information content (AvgIpc) is 3.61. The summed E-state index contributed by atoms with van der Waals surface area (Å²) in [5, 5.41) is 9.57. The molecule has 2 atom stereocenters. The molecule has 1 amide bonds. The Bertz CT molecular complexity index is 1070. The van der Waals surface area contributed by atoms with E-state index in [-0.39, 0.29) is 41.3 Å². The Morgan fingerprint density at radius 3 is 2.72 bits per heavy atom. The van der Waals surface area contributed by atoms with Gasteiger partial charge in [-0.15, -0.1) is 0 Å². The standard InChI is InChI=1S/C27H33F3N4O2/c1-4-22-23(18(3)33-21-9-13-36-26(15-21)10-12-31-16-26)14-20(34-24(22)17(2)27(28,29)30)6-5-11-32-25(35)19-7-8-19/h4-6,14,19,21,31,33H,1-3,7-13,15-16H2,(H,32,35)/b6-5+. The number of allylic oxidation sites excluding steroid dienone is 1. The lowest BCUT2D eigenvalue weighted by atomic mass is 9.89. The van der Waals surface area contributed by atoms with Crippen LogP contribution in [0.25, 0.3) is 23.4 Å². The van der Waals surface area contributed by atoms with Gasteiger partial charge in [0.1, 0.15) is 0 Å². The summed E-state index contributed by atoms with van der Waals surface area (Å²) in [6.45, 7) is 13.7. The molecule has 1 aromatic heterocycles. The van der Waals surface area contributed by atoms with Crippen LogP contribution in [0.2, 0.25) is 0 Å². The molecule has 2 unspecified atom stereocenters. The number of alkyl halides is 3. The number of aromatic nitrogens is 1. The zero-order valence-electron chi connectivity index (χ0n) is 20.3. The number of nitrogens with one attached hydrogen (secondary N) is 3. The Labute approximate surface area is 209 Å². The second kappa shape index (κ2) is 10.6. The fraction of sp³-hybridized carbons (Fsp3) is 0.481. The number of amides is 1. The van der Waals surface area contributed by atoms with E-state index in [4.69, 9.17) is 4.74 Å². The largest absolute Gasteiger partial charge is 0.417 e. The molecule has 36 heavy (non-hydrogen) atoms. The molecule has 4 rings (SSSR count). The Morgan fingerprint density at radius 2 is 2.08 bits per heavy atom. The molecule has 0 aromatic carbocycles. The lowest BCUT2D eigenvalue weighted by molar-refractivity contribution is -0.122. The van der Waals surface area contributed by atoms with Crippen molar-refractivity contribution < 1.29 is 22.7 Å². The Morgan fingerprint density at radius 1 is 1.31 bits per heavy atom. The summed E-state index contributed by atoms with van der Waals surface area (Å²) < 4.78 is 47.0. The molecule has 3 heterocycles. The van der Waals surface area contributed by atoms with Gasteiger partial charge in [-0.25, -0.2) is 4.98 Å². The van der Waals surface area contributed by atoms with Crippen molar-refractivity contribution in [3.8, 4) is 0 Å². The molecular weight excluding hydrogens is 469 g/mol. The molecule has 9 heteroatoms.